The van der Waals surface area contributed by atoms with Gasteiger partial charge in [0, 0.05) is 6.42 Å². The number of sulfone groups is 1. The van der Waals surface area contributed by atoms with Crippen LogP contribution in [0.25, 0.3) is 0 Å². The molecule has 0 bridgehead atoms. The first kappa shape index (κ1) is 18.3. The summed E-state index contributed by atoms with van der Waals surface area (Å²) in [6, 6.07) is 4.28. The summed E-state index contributed by atoms with van der Waals surface area (Å²) in [6.07, 6.45) is 2.08. The van der Waals surface area contributed by atoms with Crippen molar-refractivity contribution in [2.24, 2.45) is 0 Å². The summed E-state index contributed by atoms with van der Waals surface area (Å²) in [4.78, 5) is 11.3. The van der Waals surface area contributed by atoms with Gasteiger partial charge >= 0.3 is 5.97 Å². The Morgan fingerprint density at radius 2 is 1.86 bits per heavy atom. The standard InChI is InChI=1S/C14H18Cl2O4S/c1-2-20-14(17)6-4-3-5-9-21(18,19)11-7-8-12(15)13(16)10-11/h7-8,10H,2-6,9H2,1H3. The van der Waals surface area contributed by atoms with Gasteiger partial charge in [-0.05, 0) is 38.0 Å². The molecule has 0 heterocycles. The molecule has 0 aliphatic carbocycles. The van der Waals surface area contributed by atoms with Gasteiger partial charge in [0.1, 0.15) is 0 Å². The van der Waals surface area contributed by atoms with E-state index in [2.05, 4.69) is 0 Å². The van der Waals surface area contributed by atoms with Crippen molar-refractivity contribution in [3.8, 4) is 0 Å². The van der Waals surface area contributed by atoms with E-state index in [1.54, 1.807) is 6.92 Å². The van der Waals surface area contributed by atoms with Crippen LogP contribution < -0.4 is 0 Å². The number of hydrogen-bond donors (Lipinski definition) is 0. The van der Waals surface area contributed by atoms with Crippen molar-refractivity contribution >= 4 is 39.0 Å². The van der Waals surface area contributed by atoms with Crippen LogP contribution in [0.3, 0.4) is 0 Å². The predicted octanol–water partition coefficient (Wildman–Crippen LogP) is 3.89. The highest BCUT2D eigenvalue weighted by atomic mass is 35.5. The van der Waals surface area contributed by atoms with E-state index in [9.17, 15) is 13.2 Å². The topological polar surface area (TPSA) is 60.4 Å². The van der Waals surface area contributed by atoms with Crippen molar-refractivity contribution in [2.45, 2.75) is 37.5 Å². The average Bonchev–Trinajstić information content (AvgIpc) is 2.41. The summed E-state index contributed by atoms with van der Waals surface area (Å²) >= 11 is 11.6. The molecule has 0 radical (unpaired) electrons. The Labute approximate surface area is 135 Å². The Hall–Kier alpha value is -0.780. The molecule has 0 saturated heterocycles. The van der Waals surface area contributed by atoms with Gasteiger partial charge < -0.3 is 4.74 Å². The number of esters is 1. The van der Waals surface area contributed by atoms with E-state index in [4.69, 9.17) is 27.9 Å². The molecule has 1 aromatic carbocycles. The molecule has 0 saturated carbocycles. The van der Waals surface area contributed by atoms with Gasteiger partial charge in [-0.25, -0.2) is 8.42 Å². The van der Waals surface area contributed by atoms with Crippen LogP contribution in [0, 0.1) is 0 Å². The van der Waals surface area contributed by atoms with Gasteiger partial charge in [0.05, 0.1) is 27.3 Å². The van der Waals surface area contributed by atoms with E-state index < -0.39 is 9.84 Å². The molecular weight excluding hydrogens is 335 g/mol. The molecule has 118 valence electrons. The van der Waals surface area contributed by atoms with Crippen LogP contribution in [0.4, 0.5) is 0 Å². The van der Waals surface area contributed by atoms with E-state index in [1.807, 2.05) is 0 Å². The third-order valence-electron chi connectivity index (χ3n) is 2.85. The average molecular weight is 353 g/mol. The van der Waals surface area contributed by atoms with E-state index >= 15 is 0 Å². The van der Waals surface area contributed by atoms with Gasteiger partial charge in [-0.1, -0.05) is 29.6 Å². The molecule has 0 N–H and O–H groups in total. The van der Waals surface area contributed by atoms with Crippen LogP contribution in [0.2, 0.25) is 10.0 Å². The molecule has 4 nitrogen and oxygen atoms in total. The van der Waals surface area contributed by atoms with Crippen molar-refractivity contribution < 1.29 is 17.9 Å². The molecule has 0 aliphatic heterocycles. The molecule has 0 unspecified atom stereocenters. The largest absolute Gasteiger partial charge is 0.466 e. The number of ether oxygens (including phenoxy) is 1. The van der Waals surface area contributed by atoms with Crippen LogP contribution in [-0.4, -0.2) is 26.7 Å². The fourth-order valence-electron chi connectivity index (χ4n) is 1.76. The summed E-state index contributed by atoms with van der Waals surface area (Å²) < 4.78 is 29.0. The van der Waals surface area contributed by atoms with Crippen molar-refractivity contribution in [1.29, 1.82) is 0 Å². The van der Waals surface area contributed by atoms with E-state index in [0.717, 1.165) is 0 Å². The number of benzene rings is 1. The Morgan fingerprint density at radius 1 is 1.14 bits per heavy atom. The first-order valence-corrected chi connectivity index (χ1v) is 9.11. The monoisotopic (exact) mass is 352 g/mol. The van der Waals surface area contributed by atoms with Crippen LogP contribution >= 0.6 is 23.2 Å². The Bertz CT molecular complexity index is 585. The highest BCUT2D eigenvalue weighted by molar-refractivity contribution is 7.91. The zero-order chi connectivity index (χ0) is 15.9. The maximum Gasteiger partial charge on any atom is 0.305 e. The minimum absolute atomic E-state index is 0.0216. The molecule has 0 atom stereocenters. The smallest absolute Gasteiger partial charge is 0.305 e. The fraction of sp³-hybridized carbons (Fsp3) is 0.500. The third-order valence-corrected chi connectivity index (χ3v) is 5.39. The third kappa shape index (κ3) is 6.24. The molecule has 0 amide bonds. The van der Waals surface area contributed by atoms with Crippen LogP contribution in [0.1, 0.15) is 32.6 Å². The van der Waals surface area contributed by atoms with E-state index in [1.165, 1.54) is 18.2 Å². The lowest BCUT2D eigenvalue weighted by molar-refractivity contribution is -0.143. The van der Waals surface area contributed by atoms with Gasteiger partial charge in [-0.2, -0.15) is 0 Å². The summed E-state index contributed by atoms with van der Waals surface area (Å²) in [5.74, 6) is -0.224. The van der Waals surface area contributed by atoms with Gasteiger partial charge in [-0.15, -0.1) is 0 Å². The Balaban J connectivity index is 2.43. The molecule has 1 rings (SSSR count). The summed E-state index contributed by atoms with van der Waals surface area (Å²) in [5, 5.41) is 0.546. The molecule has 0 aromatic heterocycles. The number of halogens is 2. The lowest BCUT2D eigenvalue weighted by Gasteiger charge is -2.06. The first-order valence-electron chi connectivity index (χ1n) is 6.70. The second-order valence-corrected chi connectivity index (χ2v) is 7.43. The van der Waals surface area contributed by atoms with Crippen molar-refractivity contribution in [1.82, 2.24) is 0 Å². The van der Waals surface area contributed by atoms with Gasteiger partial charge in [0.2, 0.25) is 0 Å². The highest BCUT2D eigenvalue weighted by Gasteiger charge is 2.15. The Morgan fingerprint density at radius 3 is 2.48 bits per heavy atom. The number of rotatable bonds is 8. The normalized spacial score (nSPS) is 11.4. The Kier molecular flexibility index (Phi) is 7.49. The van der Waals surface area contributed by atoms with Crippen LogP contribution in [0.5, 0.6) is 0 Å². The molecule has 0 spiro atoms. The summed E-state index contributed by atoms with van der Waals surface area (Å²) in [6.45, 7) is 2.12. The lowest BCUT2D eigenvalue weighted by atomic mass is 10.2. The van der Waals surface area contributed by atoms with Gasteiger partial charge in [-0.3, -0.25) is 4.79 Å². The maximum absolute atomic E-state index is 12.1. The molecule has 21 heavy (non-hydrogen) atoms. The second kappa shape index (κ2) is 8.61. The summed E-state index contributed by atoms with van der Waals surface area (Å²) in [7, 11) is -3.37. The molecule has 7 heteroatoms. The zero-order valence-electron chi connectivity index (χ0n) is 11.8. The minimum Gasteiger partial charge on any atom is -0.466 e. The fourth-order valence-corrected chi connectivity index (χ4v) is 3.51. The summed E-state index contributed by atoms with van der Waals surface area (Å²) in [5.41, 5.74) is 0. The quantitative estimate of drug-likeness (QED) is 0.525. The number of hydrogen-bond acceptors (Lipinski definition) is 4. The minimum atomic E-state index is -3.37. The predicted molar refractivity (Wildman–Crippen MR) is 83.6 cm³/mol. The maximum atomic E-state index is 12.1. The van der Waals surface area contributed by atoms with Crippen molar-refractivity contribution in [3.05, 3.63) is 28.2 Å². The second-order valence-electron chi connectivity index (χ2n) is 4.51. The van der Waals surface area contributed by atoms with Gasteiger partial charge in [0.15, 0.2) is 9.84 Å². The molecule has 0 aliphatic rings. The van der Waals surface area contributed by atoms with Crippen LogP contribution in [-0.2, 0) is 19.4 Å². The van der Waals surface area contributed by atoms with Crippen LogP contribution in [0.15, 0.2) is 23.1 Å². The van der Waals surface area contributed by atoms with E-state index in [0.29, 0.717) is 37.3 Å². The van der Waals surface area contributed by atoms with E-state index in [-0.39, 0.29) is 21.6 Å². The first-order chi connectivity index (χ1) is 9.86. The number of carbonyl (C=O) groups is 1. The molecular formula is C14H18Cl2O4S. The van der Waals surface area contributed by atoms with Crippen molar-refractivity contribution in [2.75, 3.05) is 12.4 Å². The zero-order valence-corrected chi connectivity index (χ0v) is 14.1. The molecule has 1 aromatic rings. The SMILES string of the molecule is CCOC(=O)CCCCCS(=O)(=O)c1ccc(Cl)c(Cl)c1. The number of carbonyl (C=O) groups excluding carboxylic acids is 1. The number of unbranched alkanes of at least 4 members (excludes halogenated alkanes) is 2. The van der Waals surface area contributed by atoms with Crippen molar-refractivity contribution in [3.63, 3.8) is 0 Å². The lowest BCUT2D eigenvalue weighted by Crippen LogP contribution is -2.07. The molecule has 0 fully saturated rings. The highest BCUT2D eigenvalue weighted by Crippen LogP contribution is 2.25. The van der Waals surface area contributed by atoms with Gasteiger partial charge in [0.25, 0.3) is 0 Å².